The van der Waals surface area contributed by atoms with Crippen molar-refractivity contribution in [1.29, 1.82) is 0 Å². The Morgan fingerprint density at radius 2 is 1.89 bits per heavy atom. The maximum atomic E-state index is 13.4. The highest BCUT2D eigenvalue weighted by molar-refractivity contribution is 7.92. The lowest BCUT2D eigenvalue weighted by atomic mass is 10.2. The first-order valence-electron chi connectivity index (χ1n) is 8.12. The molecule has 10 heteroatoms. The Morgan fingerprint density at radius 3 is 2.50 bits per heavy atom. The van der Waals surface area contributed by atoms with E-state index in [0.29, 0.717) is 0 Å². The molecule has 0 aliphatic carbocycles. The number of rotatable bonds is 7. The number of carbonyl (C=O) groups is 2. The van der Waals surface area contributed by atoms with Gasteiger partial charge < -0.3 is 10.1 Å². The number of nitrogens with one attached hydrogen (secondary N) is 1. The second-order valence-corrected chi connectivity index (χ2v) is 8.00. The summed E-state index contributed by atoms with van der Waals surface area (Å²) in [6.07, 6.45) is 0.907. The van der Waals surface area contributed by atoms with Gasteiger partial charge in [-0.25, -0.2) is 17.6 Å². The predicted octanol–water partition coefficient (Wildman–Crippen LogP) is 3.06. The van der Waals surface area contributed by atoms with Crippen LogP contribution in [0.25, 0.3) is 0 Å². The first-order valence-corrected chi connectivity index (χ1v) is 10.3. The molecule has 0 saturated heterocycles. The van der Waals surface area contributed by atoms with Gasteiger partial charge in [-0.15, -0.1) is 0 Å². The molecule has 1 N–H and O–H groups in total. The van der Waals surface area contributed by atoms with E-state index in [1.54, 1.807) is 19.1 Å². The van der Waals surface area contributed by atoms with Crippen molar-refractivity contribution in [3.8, 4) is 0 Å². The molecule has 0 unspecified atom stereocenters. The van der Waals surface area contributed by atoms with Crippen LogP contribution in [0.3, 0.4) is 0 Å². The Hall–Kier alpha value is -2.65. The van der Waals surface area contributed by atoms with Crippen LogP contribution in [0.4, 0.5) is 15.8 Å². The smallest absolute Gasteiger partial charge is 0.340 e. The fraction of sp³-hybridized carbons (Fsp3) is 0.222. The van der Waals surface area contributed by atoms with Gasteiger partial charge in [-0.3, -0.25) is 9.10 Å². The molecule has 2 rings (SSSR count). The zero-order valence-corrected chi connectivity index (χ0v) is 16.7. The highest BCUT2D eigenvalue weighted by atomic mass is 35.5. The van der Waals surface area contributed by atoms with E-state index in [1.165, 1.54) is 18.2 Å². The first kappa shape index (κ1) is 21.6. The summed E-state index contributed by atoms with van der Waals surface area (Å²) in [5, 5.41) is 2.22. The number of sulfonamides is 1. The third-order valence-corrected chi connectivity index (χ3v) is 5.01. The molecule has 7 nitrogen and oxygen atoms in total. The number of nitrogens with zero attached hydrogens (tertiary/aromatic N) is 1. The Labute approximate surface area is 167 Å². The number of carbonyl (C=O) groups excluding carboxylic acids is 2. The number of esters is 1. The van der Waals surface area contributed by atoms with E-state index < -0.39 is 34.3 Å². The van der Waals surface area contributed by atoms with Gasteiger partial charge in [0.1, 0.15) is 12.4 Å². The van der Waals surface area contributed by atoms with Crippen LogP contribution in [-0.4, -0.2) is 39.7 Å². The van der Waals surface area contributed by atoms with Crippen LogP contribution in [0.5, 0.6) is 0 Å². The summed E-state index contributed by atoms with van der Waals surface area (Å²) in [4.78, 5) is 24.4. The molecule has 1 amide bonds. The van der Waals surface area contributed by atoms with Crippen LogP contribution >= 0.6 is 11.6 Å². The van der Waals surface area contributed by atoms with E-state index in [1.807, 2.05) is 0 Å². The van der Waals surface area contributed by atoms with Crippen molar-refractivity contribution in [3.05, 3.63) is 58.9 Å². The standard InChI is InChI=1S/C18H18ClFN2O5S/c1-3-27-18(24)13-6-4-5-7-16(13)21-17(23)11-22(28(2,25)26)12-8-9-15(20)14(19)10-12/h4-10H,3,11H2,1-2H3,(H,21,23). The summed E-state index contributed by atoms with van der Waals surface area (Å²) in [7, 11) is -3.87. The van der Waals surface area contributed by atoms with Crippen LogP contribution in [0, 0.1) is 5.82 Å². The molecule has 0 spiro atoms. The monoisotopic (exact) mass is 428 g/mol. The van der Waals surface area contributed by atoms with Crippen molar-refractivity contribution in [2.45, 2.75) is 6.92 Å². The fourth-order valence-electron chi connectivity index (χ4n) is 2.34. The zero-order chi connectivity index (χ0) is 20.9. The third-order valence-electron chi connectivity index (χ3n) is 3.58. The van der Waals surface area contributed by atoms with Crippen molar-refractivity contribution >= 4 is 44.9 Å². The highest BCUT2D eigenvalue weighted by Gasteiger charge is 2.23. The van der Waals surface area contributed by atoms with E-state index in [4.69, 9.17) is 16.3 Å². The normalized spacial score (nSPS) is 11.0. The number of benzene rings is 2. The number of hydrogen-bond donors (Lipinski definition) is 1. The topological polar surface area (TPSA) is 92.8 Å². The number of amides is 1. The lowest BCUT2D eigenvalue weighted by molar-refractivity contribution is -0.114. The van der Waals surface area contributed by atoms with E-state index in [9.17, 15) is 22.4 Å². The Bertz CT molecular complexity index is 997. The maximum Gasteiger partial charge on any atom is 0.340 e. The minimum Gasteiger partial charge on any atom is -0.462 e. The lowest BCUT2D eigenvalue weighted by Crippen LogP contribution is -2.37. The number of halogens is 2. The molecule has 0 atom stereocenters. The Balaban J connectivity index is 2.26. The van der Waals surface area contributed by atoms with Crippen LogP contribution in [0.1, 0.15) is 17.3 Å². The van der Waals surface area contributed by atoms with E-state index in [-0.39, 0.29) is 28.6 Å². The summed E-state index contributed by atoms with van der Waals surface area (Å²) < 4.78 is 43.3. The molecule has 0 bridgehead atoms. The van der Waals surface area contributed by atoms with Gasteiger partial charge in [0.05, 0.1) is 34.8 Å². The quantitative estimate of drug-likeness (QED) is 0.684. The Morgan fingerprint density at radius 1 is 1.21 bits per heavy atom. The minimum absolute atomic E-state index is 0.0303. The van der Waals surface area contributed by atoms with Gasteiger partial charge in [0, 0.05) is 0 Å². The van der Waals surface area contributed by atoms with Gasteiger partial charge in [0.15, 0.2) is 0 Å². The Kier molecular flexibility index (Phi) is 6.98. The van der Waals surface area contributed by atoms with Gasteiger partial charge in [0.2, 0.25) is 15.9 Å². The summed E-state index contributed by atoms with van der Waals surface area (Å²) in [6.45, 7) is 1.21. The molecule has 2 aromatic rings. The average Bonchev–Trinajstić information content (AvgIpc) is 2.62. The van der Waals surface area contributed by atoms with Gasteiger partial charge in [-0.2, -0.15) is 0 Å². The molecule has 0 fully saturated rings. The van der Waals surface area contributed by atoms with Crippen LogP contribution in [-0.2, 0) is 19.6 Å². The van der Waals surface area contributed by atoms with Crippen molar-refractivity contribution in [2.75, 3.05) is 29.0 Å². The molecular weight excluding hydrogens is 411 g/mol. The second-order valence-electron chi connectivity index (χ2n) is 5.68. The van der Waals surface area contributed by atoms with Gasteiger partial charge in [0.25, 0.3) is 0 Å². The summed E-state index contributed by atoms with van der Waals surface area (Å²) in [6, 6.07) is 9.48. The molecule has 0 aliphatic heterocycles. The van der Waals surface area contributed by atoms with E-state index in [0.717, 1.165) is 22.7 Å². The van der Waals surface area contributed by atoms with Crippen molar-refractivity contribution in [1.82, 2.24) is 0 Å². The van der Waals surface area contributed by atoms with E-state index in [2.05, 4.69) is 5.32 Å². The van der Waals surface area contributed by atoms with Gasteiger partial charge >= 0.3 is 5.97 Å². The molecular formula is C18H18ClFN2O5S. The summed E-state index contributed by atoms with van der Waals surface area (Å²) >= 11 is 5.71. The fourth-order valence-corrected chi connectivity index (χ4v) is 3.36. The number of para-hydroxylation sites is 1. The summed E-state index contributed by atoms with van der Waals surface area (Å²) in [5.74, 6) is -2.04. The molecule has 2 aromatic carbocycles. The number of hydrogen-bond acceptors (Lipinski definition) is 5. The molecule has 0 heterocycles. The number of anilines is 2. The average molecular weight is 429 g/mol. The lowest BCUT2D eigenvalue weighted by Gasteiger charge is -2.22. The second kappa shape index (κ2) is 9.03. The third kappa shape index (κ3) is 5.43. The van der Waals surface area contributed by atoms with Crippen LogP contribution in [0.15, 0.2) is 42.5 Å². The molecule has 28 heavy (non-hydrogen) atoms. The van der Waals surface area contributed by atoms with Crippen molar-refractivity contribution in [2.24, 2.45) is 0 Å². The molecule has 0 saturated carbocycles. The molecule has 0 radical (unpaired) electrons. The number of ether oxygens (including phenoxy) is 1. The van der Waals surface area contributed by atoms with Gasteiger partial charge in [-0.05, 0) is 37.3 Å². The SMILES string of the molecule is CCOC(=O)c1ccccc1NC(=O)CN(c1ccc(F)c(Cl)c1)S(C)(=O)=O. The molecule has 150 valence electrons. The van der Waals surface area contributed by atoms with Gasteiger partial charge in [-0.1, -0.05) is 23.7 Å². The van der Waals surface area contributed by atoms with Crippen LogP contribution < -0.4 is 9.62 Å². The highest BCUT2D eigenvalue weighted by Crippen LogP contribution is 2.24. The predicted molar refractivity (Wildman–Crippen MR) is 105 cm³/mol. The largest absolute Gasteiger partial charge is 0.462 e. The minimum atomic E-state index is -3.87. The van der Waals surface area contributed by atoms with E-state index >= 15 is 0 Å². The maximum absolute atomic E-state index is 13.4. The van der Waals surface area contributed by atoms with Crippen molar-refractivity contribution < 1.29 is 27.1 Å². The zero-order valence-electron chi connectivity index (χ0n) is 15.1. The molecule has 0 aromatic heterocycles. The first-order chi connectivity index (χ1) is 13.1. The molecule has 0 aliphatic rings. The van der Waals surface area contributed by atoms with Crippen LogP contribution in [0.2, 0.25) is 5.02 Å². The van der Waals surface area contributed by atoms with Crippen molar-refractivity contribution in [3.63, 3.8) is 0 Å². The summed E-state index contributed by atoms with van der Waals surface area (Å²) in [5.41, 5.74) is 0.340.